The summed E-state index contributed by atoms with van der Waals surface area (Å²) in [5.74, 6) is -1.39. The zero-order chi connectivity index (χ0) is 22.1. The van der Waals surface area contributed by atoms with Gasteiger partial charge in [0.2, 0.25) is 0 Å². The summed E-state index contributed by atoms with van der Waals surface area (Å²) < 4.78 is 6.71. The van der Waals surface area contributed by atoms with E-state index in [9.17, 15) is 14.4 Å². The van der Waals surface area contributed by atoms with Crippen LogP contribution in [0.5, 0.6) is 0 Å². The number of imide groups is 1. The molecule has 0 radical (unpaired) electrons. The van der Waals surface area contributed by atoms with Crippen LogP contribution in [-0.2, 0) is 20.9 Å². The molecule has 0 aliphatic heterocycles. The molecule has 3 amide bonds. The van der Waals surface area contributed by atoms with Crippen LogP contribution in [0.4, 0.5) is 4.79 Å². The minimum absolute atomic E-state index is 0.0812. The predicted molar refractivity (Wildman–Crippen MR) is 114 cm³/mol. The zero-order valence-corrected chi connectivity index (χ0v) is 17.5. The first kappa shape index (κ1) is 22.2. The number of nitrogens with zero attached hydrogens (tertiary/aromatic N) is 3. The summed E-state index contributed by atoms with van der Waals surface area (Å²) in [6.07, 6.45) is 8.34. The first-order chi connectivity index (χ1) is 15.0. The molecule has 0 unspecified atom stereocenters. The largest absolute Gasteiger partial charge is 0.449 e. The van der Waals surface area contributed by atoms with Gasteiger partial charge < -0.3 is 10.1 Å². The van der Waals surface area contributed by atoms with Gasteiger partial charge in [0, 0.05) is 12.1 Å². The Morgan fingerprint density at radius 1 is 1.19 bits per heavy atom. The summed E-state index contributed by atoms with van der Waals surface area (Å²) in [5, 5.41) is 13.0. The number of hydrogen-bond donors (Lipinski definition) is 2. The highest BCUT2D eigenvalue weighted by Crippen LogP contribution is 2.17. The second kappa shape index (κ2) is 11.1. The summed E-state index contributed by atoms with van der Waals surface area (Å²) in [4.78, 5) is 36.0. The van der Waals surface area contributed by atoms with Crippen LogP contribution >= 0.6 is 0 Å². The molecule has 1 aromatic carbocycles. The highest BCUT2D eigenvalue weighted by Gasteiger charge is 2.21. The molecule has 31 heavy (non-hydrogen) atoms. The fourth-order valence-corrected chi connectivity index (χ4v) is 3.34. The van der Waals surface area contributed by atoms with Crippen molar-refractivity contribution in [2.24, 2.45) is 0 Å². The number of hydrogen-bond acceptors (Lipinski definition) is 6. The van der Waals surface area contributed by atoms with Gasteiger partial charge in [-0.25, -0.2) is 14.3 Å². The average molecular weight is 425 g/mol. The molecule has 1 aliphatic rings. The lowest BCUT2D eigenvalue weighted by atomic mass is 9.96. The third kappa shape index (κ3) is 7.36. The molecule has 2 N–H and O–H groups in total. The van der Waals surface area contributed by atoms with Crippen LogP contribution in [0, 0.1) is 0 Å². The van der Waals surface area contributed by atoms with E-state index in [0.29, 0.717) is 12.2 Å². The van der Waals surface area contributed by atoms with Crippen molar-refractivity contribution in [1.29, 1.82) is 0 Å². The van der Waals surface area contributed by atoms with Crippen molar-refractivity contribution in [1.82, 2.24) is 25.6 Å². The van der Waals surface area contributed by atoms with Crippen molar-refractivity contribution in [3.05, 3.63) is 53.9 Å². The van der Waals surface area contributed by atoms with Gasteiger partial charge in [-0.2, -0.15) is 0 Å². The number of ether oxygens (including phenoxy) is 1. The molecule has 9 nitrogen and oxygen atoms in total. The second-order valence-corrected chi connectivity index (χ2v) is 7.54. The fourth-order valence-electron chi connectivity index (χ4n) is 3.34. The lowest BCUT2D eigenvalue weighted by Gasteiger charge is -2.23. The van der Waals surface area contributed by atoms with E-state index in [4.69, 9.17) is 4.74 Å². The molecule has 1 aliphatic carbocycles. The summed E-state index contributed by atoms with van der Waals surface area (Å²) in [5.41, 5.74) is 1.56. The molecule has 164 valence electrons. The quantitative estimate of drug-likeness (QED) is 0.520. The van der Waals surface area contributed by atoms with Crippen molar-refractivity contribution in [2.75, 3.05) is 0 Å². The van der Waals surface area contributed by atoms with E-state index in [1.54, 1.807) is 10.9 Å². The summed E-state index contributed by atoms with van der Waals surface area (Å²) in [6.45, 7) is 1.97. The molecule has 1 heterocycles. The van der Waals surface area contributed by atoms with E-state index in [-0.39, 0.29) is 6.04 Å². The molecular formula is C22H27N5O4. The number of benzene rings is 1. The lowest BCUT2D eigenvalue weighted by molar-refractivity contribution is -0.149. The number of carbonyl (C=O) groups is 3. The molecule has 0 spiro atoms. The van der Waals surface area contributed by atoms with Crippen LogP contribution in [0.25, 0.3) is 6.08 Å². The Kier molecular flexibility index (Phi) is 7.91. The Labute approximate surface area is 180 Å². The highest BCUT2D eigenvalue weighted by molar-refractivity contribution is 5.98. The van der Waals surface area contributed by atoms with Crippen molar-refractivity contribution in [2.45, 2.75) is 57.7 Å². The first-order valence-corrected chi connectivity index (χ1v) is 10.4. The molecule has 1 fully saturated rings. The van der Waals surface area contributed by atoms with Gasteiger partial charge in [0.1, 0.15) is 5.69 Å². The summed E-state index contributed by atoms with van der Waals surface area (Å²) in [7, 11) is 0. The Balaban J connectivity index is 1.42. The van der Waals surface area contributed by atoms with Gasteiger partial charge in [0.05, 0.1) is 12.7 Å². The molecular weight excluding hydrogens is 398 g/mol. The van der Waals surface area contributed by atoms with Crippen LogP contribution in [0.1, 0.15) is 50.3 Å². The van der Waals surface area contributed by atoms with Gasteiger partial charge in [-0.05, 0) is 31.4 Å². The van der Waals surface area contributed by atoms with Crippen molar-refractivity contribution in [3.8, 4) is 0 Å². The Hall–Kier alpha value is -3.49. The van der Waals surface area contributed by atoms with Crippen molar-refractivity contribution in [3.63, 3.8) is 0 Å². The summed E-state index contributed by atoms with van der Waals surface area (Å²) >= 11 is 0. The molecule has 2 aromatic rings. The van der Waals surface area contributed by atoms with Gasteiger partial charge >= 0.3 is 12.0 Å². The van der Waals surface area contributed by atoms with Crippen LogP contribution in [-0.4, -0.2) is 45.0 Å². The van der Waals surface area contributed by atoms with E-state index in [0.717, 1.165) is 31.2 Å². The smallest absolute Gasteiger partial charge is 0.331 e. The number of esters is 1. The normalized spacial score (nSPS) is 15.4. The topological polar surface area (TPSA) is 115 Å². The molecule has 1 atom stereocenters. The maximum absolute atomic E-state index is 12.1. The number of amides is 3. The predicted octanol–water partition coefficient (Wildman–Crippen LogP) is 2.43. The van der Waals surface area contributed by atoms with E-state index < -0.39 is 24.0 Å². The monoisotopic (exact) mass is 425 g/mol. The van der Waals surface area contributed by atoms with E-state index >= 15 is 0 Å². The van der Waals surface area contributed by atoms with Gasteiger partial charge in [-0.1, -0.05) is 54.8 Å². The Morgan fingerprint density at radius 3 is 2.68 bits per heavy atom. The maximum atomic E-state index is 12.1. The van der Waals surface area contributed by atoms with Crippen LogP contribution in [0.15, 0.2) is 42.6 Å². The van der Waals surface area contributed by atoms with Gasteiger partial charge in [-0.15, -0.1) is 5.10 Å². The third-order valence-electron chi connectivity index (χ3n) is 4.97. The van der Waals surface area contributed by atoms with Crippen molar-refractivity contribution >= 4 is 24.0 Å². The van der Waals surface area contributed by atoms with E-state index in [1.165, 1.54) is 25.5 Å². The molecule has 1 aromatic heterocycles. The fraction of sp³-hybridized carbons (Fsp3) is 0.409. The number of aromatic nitrogens is 3. The minimum Gasteiger partial charge on any atom is -0.449 e. The van der Waals surface area contributed by atoms with Gasteiger partial charge in [-0.3, -0.25) is 10.1 Å². The van der Waals surface area contributed by atoms with E-state index in [2.05, 4.69) is 20.9 Å². The minimum atomic E-state index is -1.11. The Bertz CT molecular complexity index is 919. The summed E-state index contributed by atoms with van der Waals surface area (Å²) in [6, 6.07) is 9.31. The molecule has 0 bridgehead atoms. The van der Waals surface area contributed by atoms with E-state index in [1.807, 2.05) is 30.3 Å². The molecule has 3 rings (SSSR count). The number of nitrogens with one attached hydrogen (secondary N) is 2. The number of carbonyl (C=O) groups excluding carboxylic acids is 3. The third-order valence-corrected chi connectivity index (χ3v) is 4.97. The Morgan fingerprint density at radius 2 is 1.94 bits per heavy atom. The van der Waals surface area contributed by atoms with Crippen LogP contribution in [0.2, 0.25) is 0 Å². The standard InChI is InChI=1S/C22H27N5O4/c1-16(21(29)24-22(30)23-18-10-6-3-7-11-18)31-20(28)13-12-19-15-27(26-25-19)14-17-8-4-2-5-9-17/h2,4-5,8-9,12-13,15-16,18H,3,6-7,10-11,14H2,1H3,(H2,23,24,29,30)/b13-12+/t16-/m0/s1. The lowest BCUT2D eigenvalue weighted by Crippen LogP contribution is -2.48. The SMILES string of the molecule is C[C@H](OC(=O)/C=C/c1cn(Cc2ccccc2)nn1)C(=O)NC(=O)NC1CCCCC1. The maximum Gasteiger partial charge on any atom is 0.331 e. The van der Waals surface area contributed by atoms with Crippen LogP contribution < -0.4 is 10.6 Å². The average Bonchev–Trinajstić information content (AvgIpc) is 3.21. The second-order valence-electron chi connectivity index (χ2n) is 7.54. The van der Waals surface area contributed by atoms with Crippen LogP contribution in [0.3, 0.4) is 0 Å². The van der Waals surface area contributed by atoms with Crippen molar-refractivity contribution < 1.29 is 19.1 Å². The number of rotatable bonds is 7. The zero-order valence-electron chi connectivity index (χ0n) is 17.5. The molecule has 0 saturated heterocycles. The molecule has 9 heteroatoms. The highest BCUT2D eigenvalue weighted by atomic mass is 16.5. The van der Waals surface area contributed by atoms with Gasteiger partial charge in [0.25, 0.3) is 5.91 Å². The van der Waals surface area contributed by atoms with Gasteiger partial charge in [0.15, 0.2) is 6.10 Å². The number of urea groups is 1. The molecule has 1 saturated carbocycles. The first-order valence-electron chi connectivity index (χ1n) is 10.4.